The topological polar surface area (TPSA) is 97.1 Å². The molecule has 1 unspecified atom stereocenters. The molecule has 0 bridgehead atoms. The number of hydrogen-bond acceptors (Lipinski definition) is 4. The molecule has 10 heteroatoms. The van der Waals surface area contributed by atoms with Crippen LogP contribution in [-0.4, -0.2) is 15.1 Å². The molecule has 1 amide bonds. The lowest BCUT2D eigenvalue weighted by atomic mass is 10.3. The number of halogens is 3. The first-order valence-corrected chi connectivity index (χ1v) is 8.00. The van der Waals surface area contributed by atoms with Gasteiger partial charge in [-0.05, 0) is 24.3 Å². The average Bonchev–Trinajstić information content (AvgIpc) is 2.49. The molecule has 6 nitrogen and oxygen atoms in total. The summed E-state index contributed by atoms with van der Waals surface area (Å²) in [7, 11) is -1.70. The van der Waals surface area contributed by atoms with Gasteiger partial charge < -0.3 is 0 Å². The number of hydrogen-bond donors (Lipinski definition) is 3. The molecular formula is C12H9Cl3N4O2S. The van der Waals surface area contributed by atoms with Gasteiger partial charge in [-0.25, -0.2) is 15.0 Å². The van der Waals surface area contributed by atoms with Crippen molar-refractivity contribution in [3.63, 3.8) is 0 Å². The first-order chi connectivity index (χ1) is 10.4. The molecule has 2 aromatic rings. The van der Waals surface area contributed by atoms with E-state index in [2.05, 4.69) is 9.71 Å². The molecular weight excluding hydrogens is 371 g/mol. The quantitative estimate of drug-likeness (QED) is 0.432. The Morgan fingerprint density at radius 2 is 1.91 bits per heavy atom. The number of nitrogen functional groups attached to an aromatic ring is 1. The number of pyridine rings is 1. The molecule has 1 aromatic carbocycles. The zero-order valence-corrected chi connectivity index (χ0v) is 13.9. The van der Waals surface area contributed by atoms with E-state index in [1.807, 2.05) is 5.43 Å². The number of nitrogens with two attached hydrogens (primary N) is 1. The van der Waals surface area contributed by atoms with Crippen LogP contribution in [0.2, 0.25) is 15.1 Å². The second-order valence-corrected chi connectivity index (χ2v) is 6.43. The van der Waals surface area contributed by atoms with Crippen molar-refractivity contribution in [2.75, 3.05) is 4.72 Å². The fraction of sp³-hybridized carbons (Fsp3) is 0. The Morgan fingerprint density at radius 1 is 1.18 bits per heavy atom. The predicted molar refractivity (Wildman–Crippen MR) is 87.4 cm³/mol. The van der Waals surface area contributed by atoms with Crippen molar-refractivity contribution in [2.45, 2.75) is 4.90 Å². The van der Waals surface area contributed by atoms with Crippen molar-refractivity contribution in [1.29, 1.82) is 0 Å². The maximum Gasteiger partial charge on any atom is 0.285 e. The monoisotopic (exact) mass is 378 g/mol. The minimum atomic E-state index is -1.70. The van der Waals surface area contributed by atoms with Gasteiger partial charge in [0.1, 0.15) is 11.0 Å². The number of aromatic nitrogens is 1. The Labute approximate surface area is 143 Å². The Balaban J connectivity index is 2.33. The summed E-state index contributed by atoms with van der Waals surface area (Å²) in [6, 6.07) is 5.92. The Hall–Kier alpha value is -1.38. The molecule has 0 aliphatic carbocycles. The smallest absolute Gasteiger partial charge is 0.285 e. The van der Waals surface area contributed by atoms with E-state index in [0.717, 1.165) is 0 Å². The molecule has 22 heavy (non-hydrogen) atoms. The van der Waals surface area contributed by atoms with Crippen LogP contribution in [0.15, 0.2) is 35.4 Å². The summed E-state index contributed by atoms with van der Waals surface area (Å²) in [4.78, 5) is 15.9. The highest BCUT2D eigenvalue weighted by Crippen LogP contribution is 2.26. The molecule has 0 spiro atoms. The van der Waals surface area contributed by atoms with Crippen LogP contribution in [0.1, 0.15) is 10.5 Å². The molecule has 0 aliphatic rings. The number of nitrogens with one attached hydrogen (secondary N) is 2. The lowest BCUT2D eigenvalue weighted by molar-refractivity contribution is 0.0949. The van der Waals surface area contributed by atoms with Gasteiger partial charge in [-0.2, -0.15) is 0 Å². The molecule has 4 N–H and O–H groups in total. The van der Waals surface area contributed by atoms with Gasteiger partial charge in [-0.1, -0.05) is 34.8 Å². The highest BCUT2D eigenvalue weighted by Gasteiger charge is 2.16. The number of anilines is 1. The van der Waals surface area contributed by atoms with Crippen LogP contribution < -0.4 is 16.0 Å². The van der Waals surface area contributed by atoms with Crippen molar-refractivity contribution < 1.29 is 9.00 Å². The van der Waals surface area contributed by atoms with Gasteiger partial charge in [0.05, 0.1) is 25.7 Å². The van der Waals surface area contributed by atoms with Crippen LogP contribution in [0.4, 0.5) is 5.69 Å². The molecule has 0 fully saturated rings. The highest BCUT2D eigenvalue weighted by molar-refractivity contribution is 7.86. The molecule has 2 rings (SSSR count). The second-order valence-electron chi connectivity index (χ2n) is 3.97. The summed E-state index contributed by atoms with van der Waals surface area (Å²) < 4.78 is 15.0. The predicted octanol–water partition coefficient (Wildman–Crippen LogP) is 2.78. The SMILES string of the molecule is NNC(=O)c1ncc(Cl)cc1NS(=O)c1ccc(Cl)c(Cl)c1. The van der Waals surface area contributed by atoms with Crippen LogP contribution in [-0.2, 0) is 11.0 Å². The van der Waals surface area contributed by atoms with Crippen molar-refractivity contribution in [1.82, 2.24) is 10.4 Å². The molecule has 0 saturated heterocycles. The van der Waals surface area contributed by atoms with E-state index in [9.17, 15) is 9.00 Å². The lowest BCUT2D eigenvalue weighted by Crippen LogP contribution is -2.31. The zero-order valence-electron chi connectivity index (χ0n) is 10.8. The summed E-state index contributed by atoms with van der Waals surface area (Å²) in [5, 5.41) is 0.871. The largest absolute Gasteiger partial charge is 0.299 e. The van der Waals surface area contributed by atoms with E-state index in [0.29, 0.717) is 9.92 Å². The van der Waals surface area contributed by atoms with Gasteiger partial charge in [-0.3, -0.25) is 14.9 Å². The number of hydrazine groups is 1. The van der Waals surface area contributed by atoms with Gasteiger partial charge in [0, 0.05) is 6.20 Å². The minimum Gasteiger partial charge on any atom is -0.299 e. The first kappa shape index (κ1) is 17.0. The minimum absolute atomic E-state index is 0.0414. The van der Waals surface area contributed by atoms with Crippen molar-refractivity contribution in [3.8, 4) is 0 Å². The van der Waals surface area contributed by atoms with E-state index >= 15 is 0 Å². The molecule has 0 radical (unpaired) electrons. The number of rotatable bonds is 4. The summed E-state index contributed by atoms with van der Waals surface area (Å²) in [5.74, 6) is 4.43. The van der Waals surface area contributed by atoms with Crippen LogP contribution in [0.3, 0.4) is 0 Å². The molecule has 1 heterocycles. The standard InChI is InChI=1S/C12H9Cl3N4O2S/c13-6-3-10(11(17-5-6)12(20)18-16)19-22(21)7-1-2-8(14)9(15)4-7/h1-5,19H,16H2,(H,18,20). The van der Waals surface area contributed by atoms with E-state index in [1.54, 1.807) is 0 Å². The van der Waals surface area contributed by atoms with Gasteiger partial charge in [0.2, 0.25) is 0 Å². The van der Waals surface area contributed by atoms with E-state index in [4.69, 9.17) is 40.6 Å². The molecule has 1 aromatic heterocycles. The molecule has 116 valence electrons. The van der Waals surface area contributed by atoms with Gasteiger partial charge >= 0.3 is 0 Å². The third-order valence-corrected chi connectivity index (χ3v) is 4.54. The highest BCUT2D eigenvalue weighted by atomic mass is 35.5. The summed E-state index contributed by atoms with van der Waals surface area (Å²) in [6.07, 6.45) is 1.28. The number of benzene rings is 1. The van der Waals surface area contributed by atoms with Crippen molar-refractivity contribution >= 4 is 57.4 Å². The van der Waals surface area contributed by atoms with Crippen LogP contribution in [0, 0.1) is 0 Å². The van der Waals surface area contributed by atoms with Gasteiger partial charge in [0.15, 0.2) is 5.69 Å². The summed E-state index contributed by atoms with van der Waals surface area (Å²) in [5.41, 5.74) is 2.07. The summed E-state index contributed by atoms with van der Waals surface area (Å²) in [6.45, 7) is 0. The molecule has 0 saturated carbocycles. The van der Waals surface area contributed by atoms with Gasteiger partial charge in [0.25, 0.3) is 5.91 Å². The van der Waals surface area contributed by atoms with E-state index < -0.39 is 16.9 Å². The number of nitrogens with zero attached hydrogens (tertiary/aromatic N) is 1. The zero-order chi connectivity index (χ0) is 16.3. The Bertz CT molecular complexity index is 757. The number of carbonyl (C=O) groups excluding carboxylic acids is 1. The first-order valence-electron chi connectivity index (χ1n) is 5.72. The second kappa shape index (κ2) is 7.26. The number of amides is 1. The average molecular weight is 380 g/mol. The van der Waals surface area contributed by atoms with E-state index in [1.165, 1.54) is 30.5 Å². The van der Waals surface area contributed by atoms with Crippen LogP contribution in [0.5, 0.6) is 0 Å². The van der Waals surface area contributed by atoms with E-state index in [-0.39, 0.29) is 21.4 Å². The number of carbonyl (C=O) groups is 1. The third kappa shape index (κ3) is 3.88. The molecule has 0 aliphatic heterocycles. The summed E-state index contributed by atoms with van der Waals surface area (Å²) >= 11 is 17.5. The third-order valence-electron chi connectivity index (χ3n) is 2.51. The fourth-order valence-electron chi connectivity index (χ4n) is 1.52. The Morgan fingerprint density at radius 3 is 2.55 bits per heavy atom. The molecule has 1 atom stereocenters. The lowest BCUT2D eigenvalue weighted by Gasteiger charge is -2.10. The maximum absolute atomic E-state index is 12.3. The maximum atomic E-state index is 12.3. The Kier molecular flexibility index (Phi) is 5.60. The van der Waals surface area contributed by atoms with Crippen LogP contribution >= 0.6 is 34.8 Å². The normalized spacial score (nSPS) is 11.8. The van der Waals surface area contributed by atoms with Gasteiger partial charge in [-0.15, -0.1) is 0 Å². The van der Waals surface area contributed by atoms with Crippen molar-refractivity contribution in [3.05, 3.63) is 51.2 Å². The fourth-order valence-corrected chi connectivity index (χ4v) is 2.93. The van der Waals surface area contributed by atoms with Crippen molar-refractivity contribution in [2.24, 2.45) is 5.84 Å². The van der Waals surface area contributed by atoms with Crippen LogP contribution in [0.25, 0.3) is 0 Å².